The summed E-state index contributed by atoms with van der Waals surface area (Å²) < 4.78 is 7.12. The highest BCUT2D eigenvalue weighted by Crippen LogP contribution is 2.36. The highest BCUT2D eigenvalue weighted by Gasteiger charge is 2.24. The van der Waals surface area contributed by atoms with Gasteiger partial charge in [0.1, 0.15) is 16.4 Å². The quantitative estimate of drug-likeness (QED) is 0.331. The SMILES string of the molecule is CCn1c(SCC(=O)Nc2scc(-c3ccccc3)c2C(=O)OC)nnc1C1CCCCC1. The first kappa shape index (κ1) is 23.5. The van der Waals surface area contributed by atoms with E-state index in [4.69, 9.17) is 4.74 Å². The van der Waals surface area contributed by atoms with Crippen molar-refractivity contribution in [3.8, 4) is 11.1 Å². The Morgan fingerprint density at radius 3 is 2.64 bits per heavy atom. The van der Waals surface area contributed by atoms with E-state index in [1.807, 2.05) is 35.7 Å². The van der Waals surface area contributed by atoms with Crippen LogP contribution in [-0.4, -0.2) is 39.5 Å². The third kappa shape index (κ3) is 5.30. The van der Waals surface area contributed by atoms with Gasteiger partial charge in [0.2, 0.25) is 5.91 Å². The van der Waals surface area contributed by atoms with Crippen LogP contribution in [0.25, 0.3) is 11.1 Å². The third-order valence-electron chi connectivity index (χ3n) is 5.88. The summed E-state index contributed by atoms with van der Waals surface area (Å²) in [6.07, 6.45) is 6.07. The maximum atomic E-state index is 12.8. The number of anilines is 1. The standard InChI is InChI=1S/C24H28N4O3S2/c1-3-28-21(17-12-8-5-9-13-17)26-27-24(28)33-15-19(29)25-22-20(23(30)31-2)18(14-32-22)16-10-6-4-7-11-16/h4,6-7,10-11,14,17H,3,5,8-9,12-13,15H2,1-2H3,(H,25,29). The van der Waals surface area contributed by atoms with Crippen molar-refractivity contribution in [3.63, 3.8) is 0 Å². The minimum Gasteiger partial charge on any atom is -0.465 e. The van der Waals surface area contributed by atoms with Crippen LogP contribution in [0, 0.1) is 0 Å². The molecule has 0 spiro atoms. The molecule has 1 aromatic carbocycles. The molecule has 1 fully saturated rings. The van der Waals surface area contributed by atoms with Crippen molar-refractivity contribution in [3.05, 3.63) is 47.1 Å². The average Bonchev–Trinajstić information content (AvgIpc) is 3.47. The van der Waals surface area contributed by atoms with Crippen molar-refractivity contribution in [1.82, 2.24) is 14.8 Å². The van der Waals surface area contributed by atoms with Crippen LogP contribution in [0.1, 0.15) is 61.1 Å². The zero-order chi connectivity index (χ0) is 23.2. The number of methoxy groups -OCH3 is 1. The van der Waals surface area contributed by atoms with Gasteiger partial charge in [-0.2, -0.15) is 0 Å². The van der Waals surface area contributed by atoms with Gasteiger partial charge in [-0.05, 0) is 25.3 Å². The first-order valence-electron chi connectivity index (χ1n) is 11.2. The first-order chi connectivity index (χ1) is 16.1. The fourth-order valence-electron chi connectivity index (χ4n) is 4.24. The van der Waals surface area contributed by atoms with Gasteiger partial charge in [0.15, 0.2) is 5.16 Å². The number of carbonyl (C=O) groups is 2. The van der Waals surface area contributed by atoms with Crippen LogP contribution in [-0.2, 0) is 16.1 Å². The number of thiophene rings is 1. The molecule has 0 saturated heterocycles. The number of aromatic nitrogens is 3. The smallest absolute Gasteiger partial charge is 0.341 e. The molecule has 1 saturated carbocycles. The normalized spacial score (nSPS) is 14.2. The highest BCUT2D eigenvalue weighted by molar-refractivity contribution is 7.99. The predicted molar refractivity (Wildman–Crippen MR) is 132 cm³/mol. The number of benzene rings is 1. The summed E-state index contributed by atoms with van der Waals surface area (Å²) in [4.78, 5) is 25.3. The third-order valence-corrected chi connectivity index (χ3v) is 7.74. The van der Waals surface area contributed by atoms with Gasteiger partial charge < -0.3 is 14.6 Å². The van der Waals surface area contributed by atoms with E-state index < -0.39 is 5.97 Å². The van der Waals surface area contributed by atoms with Gasteiger partial charge in [0.05, 0.1) is 12.9 Å². The Balaban J connectivity index is 1.46. The first-order valence-corrected chi connectivity index (χ1v) is 13.1. The fourth-order valence-corrected chi connectivity index (χ4v) is 6.03. The van der Waals surface area contributed by atoms with Crippen LogP contribution in [0.15, 0.2) is 40.9 Å². The molecule has 2 aromatic heterocycles. The van der Waals surface area contributed by atoms with E-state index >= 15 is 0 Å². The van der Waals surface area contributed by atoms with E-state index in [1.54, 1.807) is 0 Å². The number of amides is 1. The van der Waals surface area contributed by atoms with E-state index in [2.05, 4.69) is 27.0 Å². The fraction of sp³-hybridized carbons (Fsp3) is 0.417. The summed E-state index contributed by atoms with van der Waals surface area (Å²) in [6.45, 7) is 2.86. The predicted octanol–water partition coefficient (Wildman–Crippen LogP) is 5.59. The van der Waals surface area contributed by atoms with Gasteiger partial charge in [-0.1, -0.05) is 61.4 Å². The van der Waals surface area contributed by atoms with Crippen molar-refractivity contribution in [1.29, 1.82) is 0 Å². The Bertz CT molecular complexity index is 1100. The molecule has 7 nitrogen and oxygen atoms in total. The molecule has 0 aliphatic heterocycles. The van der Waals surface area contributed by atoms with Gasteiger partial charge in [0, 0.05) is 23.4 Å². The molecule has 3 aromatic rings. The van der Waals surface area contributed by atoms with Crippen LogP contribution >= 0.6 is 23.1 Å². The zero-order valence-corrected chi connectivity index (χ0v) is 20.5. The maximum absolute atomic E-state index is 12.8. The molecule has 1 N–H and O–H groups in total. The summed E-state index contributed by atoms with van der Waals surface area (Å²) >= 11 is 2.69. The van der Waals surface area contributed by atoms with Gasteiger partial charge >= 0.3 is 5.97 Å². The molecule has 1 aliphatic rings. The second-order valence-corrected chi connectivity index (χ2v) is 9.79. The number of nitrogens with one attached hydrogen (secondary N) is 1. The van der Waals surface area contributed by atoms with Crippen LogP contribution in [0.3, 0.4) is 0 Å². The van der Waals surface area contributed by atoms with E-state index in [9.17, 15) is 9.59 Å². The van der Waals surface area contributed by atoms with E-state index in [1.165, 1.54) is 49.5 Å². The lowest BCUT2D eigenvalue weighted by Gasteiger charge is -2.21. The number of esters is 1. The van der Waals surface area contributed by atoms with Gasteiger partial charge in [0.25, 0.3) is 0 Å². The molecular formula is C24H28N4O3S2. The van der Waals surface area contributed by atoms with Gasteiger partial charge in [-0.25, -0.2) is 4.79 Å². The summed E-state index contributed by atoms with van der Waals surface area (Å²) in [5.41, 5.74) is 2.02. The summed E-state index contributed by atoms with van der Waals surface area (Å²) in [7, 11) is 1.34. The molecule has 1 aliphatic carbocycles. The van der Waals surface area contributed by atoms with Crippen molar-refractivity contribution in [2.75, 3.05) is 18.2 Å². The molecular weight excluding hydrogens is 456 g/mol. The average molecular weight is 485 g/mol. The number of rotatable bonds is 8. The molecule has 33 heavy (non-hydrogen) atoms. The topological polar surface area (TPSA) is 86.1 Å². The minimum atomic E-state index is -0.471. The molecule has 0 radical (unpaired) electrons. The molecule has 174 valence electrons. The number of hydrogen-bond acceptors (Lipinski definition) is 7. The number of hydrogen-bond donors (Lipinski definition) is 1. The minimum absolute atomic E-state index is 0.183. The van der Waals surface area contributed by atoms with E-state index in [-0.39, 0.29) is 11.7 Å². The van der Waals surface area contributed by atoms with Crippen molar-refractivity contribution >= 4 is 40.0 Å². The van der Waals surface area contributed by atoms with Crippen LogP contribution in [0.5, 0.6) is 0 Å². The maximum Gasteiger partial charge on any atom is 0.341 e. The Morgan fingerprint density at radius 2 is 1.94 bits per heavy atom. The second-order valence-electron chi connectivity index (χ2n) is 7.97. The molecule has 0 unspecified atom stereocenters. The Hall–Kier alpha value is -2.65. The molecule has 0 atom stereocenters. The number of thioether (sulfide) groups is 1. The molecule has 0 bridgehead atoms. The number of nitrogens with zero attached hydrogens (tertiary/aromatic N) is 3. The second kappa shape index (κ2) is 11.0. The van der Waals surface area contributed by atoms with Crippen molar-refractivity contribution < 1.29 is 14.3 Å². The lowest BCUT2D eigenvalue weighted by atomic mass is 9.89. The zero-order valence-electron chi connectivity index (χ0n) is 18.9. The Labute approximate surface area is 201 Å². The highest BCUT2D eigenvalue weighted by atomic mass is 32.2. The molecule has 2 heterocycles. The lowest BCUT2D eigenvalue weighted by Crippen LogP contribution is -2.17. The summed E-state index contributed by atoms with van der Waals surface area (Å²) in [6, 6.07) is 9.60. The van der Waals surface area contributed by atoms with Crippen molar-refractivity contribution in [2.45, 2.75) is 56.6 Å². The van der Waals surface area contributed by atoms with Crippen LogP contribution in [0.2, 0.25) is 0 Å². The molecule has 9 heteroatoms. The molecule has 1 amide bonds. The van der Waals surface area contributed by atoms with E-state index in [0.717, 1.165) is 41.5 Å². The van der Waals surface area contributed by atoms with Crippen LogP contribution in [0.4, 0.5) is 5.00 Å². The van der Waals surface area contributed by atoms with Crippen LogP contribution < -0.4 is 5.32 Å². The largest absolute Gasteiger partial charge is 0.465 e. The van der Waals surface area contributed by atoms with E-state index in [0.29, 0.717) is 16.5 Å². The monoisotopic (exact) mass is 484 g/mol. The summed E-state index contributed by atoms with van der Waals surface area (Å²) in [5.74, 6) is 1.01. The van der Waals surface area contributed by atoms with Crippen molar-refractivity contribution in [2.24, 2.45) is 0 Å². The van der Waals surface area contributed by atoms with Gasteiger partial charge in [-0.15, -0.1) is 21.5 Å². The Morgan fingerprint density at radius 1 is 1.18 bits per heavy atom. The number of carbonyl (C=O) groups excluding carboxylic acids is 2. The summed E-state index contributed by atoms with van der Waals surface area (Å²) in [5, 5.41) is 14.8. The molecule has 4 rings (SSSR count). The lowest BCUT2D eigenvalue weighted by molar-refractivity contribution is -0.113. The Kier molecular flexibility index (Phi) is 7.82. The number of ether oxygens (including phenoxy) is 1. The van der Waals surface area contributed by atoms with Gasteiger partial charge in [-0.3, -0.25) is 4.79 Å².